The fourth-order valence-corrected chi connectivity index (χ4v) is 2.43. The molecule has 0 aliphatic rings. The molecule has 2 N–H and O–H groups in total. The Hall–Kier alpha value is -3.23. The normalized spacial score (nSPS) is 11.0. The molecule has 0 aliphatic carbocycles. The summed E-state index contributed by atoms with van der Waals surface area (Å²) in [5, 5.41) is 12.2. The number of carbonyl (C=O) groups excluding carboxylic acids is 1. The van der Waals surface area contributed by atoms with E-state index in [-0.39, 0.29) is 24.7 Å². The number of carboxylic acids is 1. The molecule has 2 aromatic heterocycles. The van der Waals surface area contributed by atoms with Crippen LogP contribution in [0.15, 0.2) is 24.5 Å². The van der Waals surface area contributed by atoms with Gasteiger partial charge >= 0.3 is 12.1 Å². The molecule has 0 spiro atoms. The van der Waals surface area contributed by atoms with Crippen molar-refractivity contribution in [1.82, 2.24) is 15.3 Å². The Labute approximate surface area is 157 Å². The van der Waals surface area contributed by atoms with Crippen LogP contribution < -0.4 is 10.1 Å². The molecular formula is C18H16F3N3O4. The SMILES string of the molecule is Cc1cc(CNCc2c(C=C=O)ccnc2C(=O)O)cnc1OCC(F)(F)F. The largest absolute Gasteiger partial charge is 0.477 e. The van der Waals surface area contributed by atoms with E-state index >= 15 is 0 Å². The third-order valence-corrected chi connectivity index (χ3v) is 3.60. The maximum absolute atomic E-state index is 12.2. The first kappa shape index (κ1) is 21.1. The van der Waals surface area contributed by atoms with Gasteiger partial charge in [-0.15, -0.1) is 0 Å². The van der Waals surface area contributed by atoms with E-state index in [1.165, 1.54) is 18.5 Å². The molecule has 0 radical (unpaired) electrons. The van der Waals surface area contributed by atoms with Crippen molar-refractivity contribution in [3.8, 4) is 5.88 Å². The lowest BCUT2D eigenvalue weighted by molar-refractivity contribution is -0.154. The van der Waals surface area contributed by atoms with Gasteiger partial charge in [0.15, 0.2) is 12.3 Å². The molecule has 0 unspecified atom stereocenters. The summed E-state index contributed by atoms with van der Waals surface area (Å²) < 4.78 is 41.3. The Bertz CT molecular complexity index is 889. The highest BCUT2D eigenvalue weighted by Crippen LogP contribution is 2.20. The minimum atomic E-state index is -4.45. The van der Waals surface area contributed by atoms with Crippen molar-refractivity contribution < 1.29 is 32.6 Å². The number of pyridine rings is 2. The summed E-state index contributed by atoms with van der Waals surface area (Å²) >= 11 is 0. The molecule has 0 bridgehead atoms. The number of hydrogen-bond acceptors (Lipinski definition) is 6. The van der Waals surface area contributed by atoms with Gasteiger partial charge in [0.1, 0.15) is 5.94 Å². The number of nitrogens with zero attached hydrogens (tertiary/aromatic N) is 2. The van der Waals surface area contributed by atoms with Gasteiger partial charge in [-0.05, 0) is 30.2 Å². The Kier molecular flexibility index (Phi) is 6.86. The minimum Gasteiger partial charge on any atom is -0.477 e. The number of hydrogen-bond donors (Lipinski definition) is 2. The van der Waals surface area contributed by atoms with E-state index < -0.39 is 18.8 Å². The topological polar surface area (TPSA) is 101 Å². The van der Waals surface area contributed by atoms with Crippen LogP contribution in [0.1, 0.15) is 32.7 Å². The highest BCUT2D eigenvalue weighted by molar-refractivity contribution is 5.89. The van der Waals surface area contributed by atoms with E-state index in [0.29, 0.717) is 22.3 Å². The smallest absolute Gasteiger partial charge is 0.422 e. The predicted octanol–water partition coefficient (Wildman–Crippen LogP) is 2.56. The standard InChI is InChI=1S/C18H16F3N3O4/c1-11-6-12(8-24-16(11)28-10-18(19,20)21)7-22-9-14-13(3-5-25)2-4-23-15(14)17(26)27/h2-4,6,8,22H,7,9-10H2,1H3,(H,26,27). The highest BCUT2D eigenvalue weighted by Gasteiger charge is 2.29. The zero-order valence-corrected chi connectivity index (χ0v) is 14.7. The zero-order chi connectivity index (χ0) is 20.7. The first-order chi connectivity index (χ1) is 13.2. The Balaban J connectivity index is 2.07. The van der Waals surface area contributed by atoms with Crippen LogP contribution in [0.2, 0.25) is 0 Å². The predicted molar refractivity (Wildman–Crippen MR) is 92.4 cm³/mol. The summed E-state index contributed by atoms with van der Waals surface area (Å²) in [6.45, 7) is 0.489. The lowest BCUT2D eigenvalue weighted by Crippen LogP contribution is -2.20. The van der Waals surface area contributed by atoms with Gasteiger partial charge in [-0.25, -0.2) is 19.6 Å². The number of halogens is 3. The fourth-order valence-electron chi connectivity index (χ4n) is 2.43. The van der Waals surface area contributed by atoms with Crippen molar-refractivity contribution in [3.63, 3.8) is 0 Å². The summed E-state index contributed by atoms with van der Waals surface area (Å²) in [7, 11) is 0. The summed E-state index contributed by atoms with van der Waals surface area (Å²) in [5.74, 6) is 0.262. The van der Waals surface area contributed by atoms with Crippen LogP contribution in [0, 0.1) is 6.92 Å². The van der Waals surface area contributed by atoms with Crippen LogP contribution >= 0.6 is 0 Å². The molecule has 0 aromatic carbocycles. The zero-order valence-electron chi connectivity index (χ0n) is 14.7. The van der Waals surface area contributed by atoms with Crippen LogP contribution in [0.3, 0.4) is 0 Å². The molecule has 0 fully saturated rings. The Morgan fingerprint density at radius 3 is 2.71 bits per heavy atom. The number of nitrogens with one attached hydrogen (secondary N) is 1. The Morgan fingerprint density at radius 2 is 2.11 bits per heavy atom. The van der Waals surface area contributed by atoms with E-state index in [2.05, 4.69) is 20.0 Å². The van der Waals surface area contributed by atoms with E-state index in [0.717, 1.165) is 6.08 Å². The highest BCUT2D eigenvalue weighted by atomic mass is 19.4. The number of carbonyl (C=O) groups is 1. The molecule has 0 saturated heterocycles. The summed E-state index contributed by atoms with van der Waals surface area (Å²) in [4.78, 5) is 29.6. The van der Waals surface area contributed by atoms with Crippen LogP contribution in [0.4, 0.5) is 13.2 Å². The maximum atomic E-state index is 12.2. The van der Waals surface area contributed by atoms with Crippen LogP contribution in [-0.4, -0.2) is 39.8 Å². The van der Waals surface area contributed by atoms with Crippen molar-refractivity contribution in [2.45, 2.75) is 26.2 Å². The van der Waals surface area contributed by atoms with Gasteiger partial charge in [0.25, 0.3) is 0 Å². The second kappa shape index (κ2) is 9.12. The number of ether oxygens (including phenoxy) is 1. The van der Waals surface area contributed by atoms with Gasteiger partial charge in [0, 0.05) is 42.7 Å². The lowest BCUT2D eigenvalue weighted by Gasteiger charge is -2.12. The quantitative estimate of drug-likeness (QED) is 0.663. The van der Waals surface area contributed by atoms with Gasteiger partial charge < -0.3 is 15.2 Å². The van der Waals surface area contributed by atoms with E-state index in [1.54, 1.807) is 18.9 Å². The number of rotatable bonds is 8. The number of alkyl halides is 3. The van der Waals surface area contributed by atoms with Crippen LogP contribution in [0.25, 0.3) is 6.08 Å². The van der Waals surface area contributed by atoms with Crippen molar-refractivity contribution in [3.05, 3.63) is 52.5 Å². The van der Waals surface area contributed by atoms with E-state index in [4.69, 9.17) is 0 Å². The third kappa shape index (κ3) is 5.90. The van der Waals surface area contributed by atoms with Crippen molar-refractivity contribution in [2.24, 2.45) is 0 Å². The van der Waals surface area contributed by atoms with Crippen LogP contribution in [0.5, 0.6) is 5.88 Å². The summed E-state index contributed by atoms with van der Waals surface area (Å²) in [6.07, 6.45) is -0.695. The molecule has 7 nitrogen and oxygen atoms in total. The first-order valence-electron chi connectivity index (χ1n) is 7.99. The monoisotopic (exact) mass is 395 g/mol. The fraction of sp³-hybridized carbons (Fsp3) is 0.278. The molecule has 28 heavy (non-hydrogen) atoms. The third-order valence-electron chi connectivity index (χ3n) is 3.60. The number of aromatic carboxylic acids is 1. The minimum absolute atomic E-state index is 0.0916. The number of carboxylic acid groups (broad SMARTS) is 1. The molecule has 0 amide bonds. The van der Waals surface area contributed by atoms with Crippen LogP contribution in [-0.2, 0) is 17.9 Å². The van der Waals surface area contributed by atoms with Gasteiger partial charge in [0.05, 0.1) is 0 Å². The average Bonchev–Trinajstić information content (AvgIpc) is 2.61. The molecule has 10 heteroatoms. The van der Waals surface area contributed by atoms with Gasteiger partial charge in [-0.1, -0.05) is 0 Å². The molecule has 2 rings (SSSR count). The molecular weight excluding hydrogens is 379 g/mol. The molecule has 148 valence electrons. The second-order valence-electron chi connectivity index (χ2n) is 5.77. The first-order valence-corrected chi connectivity index (χ1v) is 7.99. The molecule has 0 atom stereocenters. The number of aromatic nitrogens is 2. The summed E-state index contributed by atoms with van der Waals surface area (Å²) in [6, 6.07) is 3.10. The lowest BCUT2D eigenvalue weighted by atomic mass is 10.1. The molecule has 2 heterocycles. The van der Waals surface area contributed by atoms with Gasteiger partial charge in [-0.2, -0.15) is 13.2 Å². The van der Waals surface area contributed by atoms with Crippen molar-refractivity contribution in [2.75, 3.05) is 6.61 Å². The summed E-state index contributed by atoms with van der Waals surface area (Å²) in [5.41, 5.74) is 1.58. The molecule has 0 aliphatic heterocycles. The Morgan fingerprint density at radius 1 is 1.36 bits per heavy atom. The number of aryl methyl sites for hydroxylation is 1. The maximum Gasteiger partial charge on any atom is 0.422 e. The van der Waals surface area contributed by atoms with Gasteiger partial charge in [-0.3, -0.25) is 0 Å². The van der Waals surface area contributed by atoms with Crippen molar-refractivity contribution in [1.29, 1.82) is 0 Å². The van der Waals surface area contributed by atoms with E-state index in [9.17, 15) is 27.9 Å². The average molecular weight is 395 g/mol. The molecule has 2 aromatic rings. The molecule has 0 saturated carbocycles. The second-order valence-corrected chi connectivity index (χ2v) is 5.77. The van der Waals surface area contributed by atoms with Crippen molar-refractivity contribution >= 4 is 18.0 Å². The van der Waals surface area contributed by atoms with Gasteiger partial charge in [0.2, 0.25) is 5.88 Å². The van der Waals surface area contributed by atoms with E-state index in [1.807, 2.05) is 0 Å².